The lowest BCUT2D eigenvalue weighted by Crippen LogP contribution is -2.32. The minimum absolute atomic E-state index is 0.207. The van der Waals surface area contributed by atoms with Crippen molar-refractivity contribution >= 4 is 5.91 Å². The van der Waals surface area contributed by atoms with E-state index in [1.54, 1.807) is 0 Å². The highest BCUT2D eigenvalue weighted by Crippen LogP contribution is 2.27. The first-order valence-corrected chi connectivity index (χ1v) is 8.44. The van der Waals surface area contributed by atoms with E-state index < -0.39 is 0 Å². The molecule has 2 fully saturated rings. The fourth-order valence-electron chi connectivity index (χ4n) is 3.65. The second-order valence-electron chi connectivity index (χ2n) is 6.61. The quantitative estimate of drug-likeness (QED) is 0.863. The molecule has 0 radical (unpaired) electrons. The summed E-state index contributed by atoms with van der Waals surface area (Å²) < 4.78 is 0. The minimum Gasteiger partial charge on any atom is -0.352 e. The van der Waals surface area contributed by atoms with Crippen LogP contribution >= 0.6 is 0 Å². The normalized spacial score (nSPS) is 22.6. The van der Waals surface area contributed by atoms with E-state index >= 15 is 0 Å². The number of fused-ring (bicyclic) bond motifs is 1. The fraction of sp³-hybridized carbons (Fsp3) is 0.286. The molecule has 2 heterocycles. The summed E-state index contributed by atoms with van der Waals surface area (Å²) in [4.78, 5) is 13.9. The summed E-state index contributed by atoms with van der Waals surface area (Å²) in [7, 11) is 0. The molecule has 1 N–H and O–H groups in total. The molecule has 0 unspecified atom stereocenters. The maximum absolute atomic E-state index is 11.4. The molecule has 3 heteroatoms. The number of nitrogens with one attached hydrogen (secondary N) is 1. The number of hydrogen-bond acceptors (Lipinski definition) is 2. The van der Waals surface area contributed by atoms with Crippen LogP contribution in [0.4, 0.5) is 0 Å². The molecule has 2 atom stereocenters. The van der Waals surface area contributed by atoms with Gasteiger partial charge in [-0.15, -0.1) is 0 Å². The van der Waals surface area contributed by atoms with Crippen LogP contribution in [0.15, 0.2) is 54.6 Å². The van der Waals surface area contributed by atoms with Gasteiger partial charge in [0, 0.05) is 49.1 Å². The van der Waals surface area contributed by atoms with Crippen molar-refractivity contribution in [3.63, 3.8) is 0 Å². The largest absolute Gasteiger partial charge is 0.352 e. The highest BCUT2D eigenvalue weighted by Gasteiger charge is 2.39. The third-order valence-corrected chi connectivity index (χ3v) is 4.84. The topological polar surface area (TPSA) is 32.3 Å². The van der Waals surface area contributed by atoms with Gasteiger partial charge in [0.05, 0.1) is 0 Å². The molecular formula is C21H20N2O. The van der Waals surface area contributed by atoms with Crippen LogP contribution in [0.2, 0.25) is 0 Å². The Hall–Kier alpha value is -2.57. The predicted octanol–water partition coefficient (Wildman–Crippen LogP) is 2.41. The Bertz CT molecular complexity index is 787. The molecule has 0 bridgehead atoms. The van der Waals surface area contributed by atoms with Crippen molar-refractivity contribution < 1.29 is 4.79 Å². The summed E-state index contributed by atoms with van der Waals surface area (Å²) in [6, 6.07) is 18.8. The smallest absolute Gasteiger partial charge is 0.220 e. The van der Waals surface area contributed by atoms with E-state index in [9.17, 15) is 4.79 Å². The Morgan fingerprint density at radius 3 is 2.62 bits per heavy atom. The van der Waals surface area contributed by atoms with Crippen molar-refractivity contribution in [2.75, 3.05) is 13.1 Å². The van der Waals surface area contributed by atoms with Gasteiger partial charge in [-0.1, -0.05) is 48.2 Å². The molecule has 2 aliphatic rings. The van der Waals surface area contributed by atoms with Gasteiger partial charge < -0.3 is 5.32 Å². The van der Waals surface area contributed by atoms with Crippen molar-refractivity contribution in [3.8, 4) is 11.8 Å². The average molecular weight is 316 g/mol. The SMILES string of the molecule is O=C1C[C@H]2CN(Cc3ccccc3C#Cc3ccccc3)C[C@H]2N1. The summed E-state index contributed by atoms with van der Waals surface area (Å²) in [6.45, 7) is 2.82. The summed E-state index contributed by atoms with van der Waals surface area (Å²) >= 11 is 0. The average Bonchev–Trinajstić information content (AvgIpc) is 3.11. The first kappa shape index (κ1) is 15.0. The molecule has 3 nitrogen and oxygen atoms in total. The Balaban J connectivity index is 1.49. The van der Waals surface area contributed by atoms with Gasteiger partial charge in [0.25, 0.3) is 0 Å². The summed E-state index contributed by atoms with van der Waals surface area (Å²) in [5, 5.41) is 3.08. The number of hydrogen-bond donors (Lipinski definition) is 1. The van der Waals surface area contributed by atoms with E-state index in [0.29, 0.717) is 18.4 Å². The number of benzene rings is 2. The summed E-state index contributed by atoms with van der Waals surface area (Å²) in [5.74, 6) is 7.24. The minimum atomic E-state index is 0.207. The van der Waals surface area contributed by atoms with Crippen LogP contribution in [0.5, 0.6) is 0 Å². The zero-order chi connectivity index (χ0) is 16.4. The first-order valence-electron chi connectivity index (χ1n) is 8.44. The van der Waals surface area contributed by atoms with E-state index in [4.69, 9.17) is 0 Å². The highest BCUT2D eigenvalue weighted by atomic mass is 16.2. The molecule has 2 aromatic carbocycles. The molecule has 0 saturated carbocycles. The number of carbonyl (C=O) groups excluding carboxylic acids is 1. The number of carbonyl (C=O) groups is 1. The lowest BCUT2D eigenvalue weighted by molar-refractivity contribution is -0.119. The zero-order valence-electron chi connectivity index (χ0n) is 13.5. The van der Waals surface area contributed by atoms with Gasteiger partial charge in [-0.05, 0) is 23.8 Å². The Kier molecular flexibility index (Phi) is 4.06. The maximum Gasteiger partial charge on any atom is 0.220 e. The predicted molar refractivity (Wildman–Crippen MR) is 94.2 cm³/mol. The molecule has 4 rings (SSSR count). The molecule has 120 valence electrons. The Morgan fingerprint density at radius 1 is 1.00 bits per heavy atom. The molecule has 0 aliphatic carbocycles. The van der Waals surface area contributed by atoms with E-state index in [-0.39, 0.29) is 5.91 Å². The van der Waals surface area contributed by atoms with Gasteiger partial charge >= 0.3 is 0 Å². The number of likely N-dealkylation sites (tertiary alicyclic amines) is 1. The van der Waals surface area contributed by atoms with Gasteiger partial charge in [0.15, 0.2) is 0 Å². The molecule has 2 saturated heterocycles. The lowest BCUT2D eigenvalue weighted by atomic mass is 10.1. The van der Waals surface area contributed by atoms with Crippen molar-refractivity contribution in [1.82, 2.24) is 10.2 Å². The van der Waals surface area contributed by atoms with Crippen LogP contribution in [0, 0.1) is 17.8 Å². The van der Waals surface area contributed by atoms with Crippen LogP contribution in [-0.4, -0.2) is 29.9 Å². The van der Waals surface area contributed by atoms with Gasteiger partial charge in [0.1, 0.15) is 0 Å². The summed E-state index contributed by atoms with van der Waals surface area (Å²) in [5.41, 5.74) is 3.38. The van der Waals surface area contributed by atoms with Crippen molar-refractivity contribution in [1.29, 1.82) is 0 Å². The van der Waals surface area contributed by atoms with E-state index in [1.807, 2.05) is 36.4 Å². The standard InChI is InChI=1S/C21H20N2O/c24-21-12-19-14-23(15-20(19)22-21)13-18-9-5-4-8-17(18)11-10-16-6-2-1-3-7-16/h1-9,19-20H,12-15H2,(H,22,24)/t19-,20+/m0/s1. The van der Waals surface area contributed by atoms with Crippen LogP contribution in [0.25, 0.3) is 0 Å². The van der Waals surface area contributed by atoms with Gasteiger partial charge in [-0.2, -0.15) is 0 Å². The molecule has 1 amide bonds. The summed E-state index contributed by atoms with van der Waals surface area (Å²) in [6.07, 6.45) is 0.677. The second-order valence-corrected chi connectivity index (χ2v) is 6.61. The van der Waals surface area contributed by atoms with E-state index in [2.05, 4.69) is 40.3 Å². The van der Waals surface area contributed by atoms with Gasteiger partial charge in [-0.25, -0.2) is 0 Å². The monoisotopic (exact) mass is 316 g/mol. The van der Waals surface area contributed by atoms with E-state index in [1.165, 1.54) is 5.56 Å². The van der Waals surface area contributed by atoms with Crippen LogP contribution < -0.4 is 5.32 Å². The molecule has 2 aromatic rings. The third kappa shape index (κ3) is 3.20. The molecular weight excluding hydrogens is 296 g/mol. The van der Waals surface area contributed by atoms with Crippen molar-refractivity contribution in [2.45, 2.75) is 19.0 Å². The third-order valence-electron chi connectivity index (χ3n) is 4.84. The first-order chi connectivity index (χ1) is 11.8. The molecule has 2 aliphatic heterocycles. The lowest BCUT2D eigenvalue weighted by Gasteiger charge is -2.17. The number of amides is 1. The van der Waals surface area contributed by atoms with Crippen LogP contribution in [-0.2, 0) is 11.3 Å². The number of rotatable bonds is 2. The van der Waals surface area contributed by atoms with Crippen LogP contribution in [0.3, 0.4) is 0 Å². The fourth-order valence-corrected chi connectivity index (χ4v) is 3.65. The Morgan fingerprint density at radius 2 is 1.79 bits per heavy atom. The van der Waals surface area contributed by atoms with Crippen LogP contribution in [0.1, 0.15) is 23.1 Å². The van der Waals surface area contributed by atoms with Crippen molar-refractivity contribution in [2.24, 2.45) is 5.92 Å². The second kappa shape index (κ2) is 6.51. The van der Waals surface area contributed by atoms with Crippen molar-refractivity contribution in [3.05, 3.63) is 71.3 Å². The zero-order valence-corrected chi connectivity index (χ0v) is 13.5. The molecule has 24 heavy (non-hydrogen) atoms. The highest BCUT2D eigenvalue weighted by molar-refractivity contribution is 5.79. The van der Waals surface area contributed by atoms with E-state index in [0.717, 1.165) is 30.8 Å². The number of nitrogens with zero attached hydrogens (tertiary/aromatic N) is 1. The van der Waals surface area contributed by atoms with Gasteiger partial charge in [0.2, 0.25) is 5.91 Å². The van der Waals surface area contributed by atoms with Gasteiger partial charge in [-0.3, -0.25) is 9.69 Å². The maximum atomic E-state index is 11.4. The molecule has 0 spiro atoms. The molecule has 0 aromatic heterocycles. The Labute approximate surface area is 142 Å².